The Balaban J connectivity index is 2.43. The van der Waals surface area contributed by atoms with Crippen LogP contribution in [0.15, 0.2) is 46.3 Å². The minimum Gasteiger partial charge on any atom is -0.478 e. The van der Waals surface area contributed by atoms with E-state index in [2.05, 4.69) is 4.98 Å². The van der Waals surface area contributed by atoms with Gasteiger partial charge in [0.1, 0.15) is 5.03 Å². The zero-order chi connectivity index (χ0) is 15.6. The van der Waals surface area contributed by atoms with Crippen LogP contribution in [0.4, 0.5) is 0 Å². The van der Waals surface area contributed by atoms with Crippen molar-refractivity contribution in [3.8, 4) is 0 Å². The number of rotatable bonds is 3. The van der Waals surface area contributed by atoms with Gasteiger partial charge in [-0.25, -0.2) is 9.78 Å². The number of aromatic carboxylic acids is 1. The lowest BCUT2D eigenvalue weighted by Crippen LogP contribution is -2.15. The predicted molar refractivity (Wildman–Crippen MR) is 85.5 cm³/mol. The number of halogens is 1. The third-order valence-corrected chi connectivity index (χ3v) is 3.98. The van der Waals surface area contributed by atoms with Crippen molar-refractivity contribution in [2.75, 3.05) is 0 Å². The van der Waals surface area contributed by atoms with Gasteiger partial charge in [0, 0.05) is 21.0 Å². The molecule has 0 saturated carbocycles. The first-order valence-electron chi connectivity index (χ1n) is 6.45. The normalized spacial score (nSPS) is 11.4. The van der Waals surface area contributed by atoms with Gasteiger partial charge in [-0.3, -0.25) is 0 Å². The molecule has 0 amide bonds. The number of aromatic nitrogens is 1. The second kappa shape index (κ2) is 6.08. The Morgan fingerprint density at radius 2 is 1.95 bits per heavy atom. The molecule has 21 heavy (non-hydrogen) atoms. The zero-order valence-electron chi connectivity index (χ0n) is 12.1. The van der Waals surface area contributed by atoms with E-state index in [9.17, 15) is 9.90 Å². The first-order valence-corrected chi connectivity index (χ1v) is 7.64. The van der Waals surface area contributed by atoms with Gasteiger partial charge < -0.3 is 5.11 Å². The summed E-state index contributed by atoms with van der Waals surface area (Å²) in [6.07, 6.45) is 0. The molecule has 0 atom stereocenters. The average molecular weight is 322 g/mol. The summed E-state index contributed by atoms with van der Waals surface area (Å²) >= 11 is 7.37. The van der Waals surface area contributed by atoms with Gasteiger partial charge in [0.2, 0.25) is 0 Å². The SMILES string of the molecule is CC(C)(C)c1cc(C(=O)O)cc(Sc2cccc(Cl)c2)n1. The Labute approximate surface area is 133 Å². The molecular formula is C16H16ClNO2S. The molecular weight excluding hydrogens is 306 g/mol. The highest BCUT2D eigenvalue weighted by molar-refractivity contribution is 7.99. The molecule has 0 aliphatic carbocycles. The highest BCUT2D eigenvalue weighted by Gasteiger charge is 2.19. The summed E-state index contributed by atoms with van der Waals surface area (Å²) in [5.41, 5.74) is 0.793. The summed E-state index contributed by atoms with van der Waals surface area (Å²) in [7, 11) is 0. The maximum atomic E-state index is 11.3. The fourth-order valence-corrected chi connectivity index (χ4v) is 2.88. The van der Waals surface area contributed by atoms with E-state index in [1.165, 1.54) is 11.8 Å². The van der Waals surface area contributed by atoms with E-state index in [0.29, 0.717) is 10.0 Å². The lowest BCUT2D eigenvalue weighted by molar-refractivity contribution is 0.0696. The third-order valence-electron chi connectivity index (χ3n) is 2.84. The van der Waals surface area contributed by atoms with Crippen LogP contribution in [-0.2, 0) is 5.41 Å². The number of pyridine rings is 1. The van der Waals surface area contributed by atoms with Gasteiger partial charge in [-0.1, -0.05) is 50.2 Å². The second-order valence-corrected chi connectivity index (χ2v) is 7.22. The number of hydrogen-bond acceptors (Lipinski definition) is 3. The van der Waals surface area contributed by atoms with Crippen LogP contribution in [0.25, 0.3) is 0 Å². The fourth-order valence-electron chi connectivity index (χ4n) is 1.72. The van der Waals surface area contributed by atoms with Crippen molar-refractivity contribution in [2.24, 2.45) is 0 Å². The van der Waals surface area contributed by atoms with Crippen LogP contribution in [-0.4, -0.2) is 16.1 Å². The second-order valence-electron chi connectivity index (χ2n) is 5.69. The molecule has 0 aliphatic rings. The van der Waals surface area contributed by atoms with Crippen molar-refractivity contribution < 1.29 is 9.90 Å². The quantitative estimate of drug-likeness (QED) is 0.875. The summed E-state index contributed by atoms with van der Waals surface area (Å²) in [5, 5.41) is 10.6. The maximum absolute atomic E-state index is 11.3. The molecule has 0 aliphatic heterocycles. The van der Waals surface area contributed by atoms with Crippen LogP contribution in [0.3, 0.4) is 0 Å². The highest BCUT2D eigenvalue weighted by atomic mass is 35.5. The van der Waals surface area contributed by atoms with Gasteiger partial charge in [0.15, 0.2) is 0 Å². The van der Waals surface area contributed by atoms with Gasteiger partial charge in [-0.2, -0.15) is 0 Å². The number of hydrogen-bond donors (Lipinski definition) is 1. The molecule has 1 N–H and O–H groups in total. The summed E-state index contributed by atoms with van der Waals surface area (Å²) in [4.78, 5) is 16.8. The molecule has 0 bridgehead atoms. The molecule has 0 saturated heterocycles. The molecule has 5 heteroatoms. The molecule has 2 rings (SSSR count). The van der Waals surface area contributed by atoms with Crippen molar-refractivity contribution in [1.29, 1.82) is 0 Å². The standard InChI is InChI=1S/C16H16ClNO2S/c1-16(2,3)13-7-10(15(19)20)8-14(18-13)21-12-6-4-5-11(17)9-12/h4-9H,1-3H3,(H,19,20). The first-order chi connectivity index (χ1) is 9.75. The van der Waals surface area contributed by atoms with E-state index in [1.807, 2.05) is 39.0 Å². The Bertz CT molecular complexity index is 680. The van der Waals surface area contributed by atoms with Crippen LogP contribution in [0.1, 0.15) is 36.8 Å². The monoisotopic (exact) mass is 321 g/mol. The molecule has 1 aromatic heterocycles. The summed E-state index contributed by atoms with van der Waals surface area (Å²) in [6, 6.07) is 10.6. The largest absolute Gasteiger partial charge is 0.478 e. The number of carboxylic acid groups (broad SMARTS) is 1. The van der Waals surface area contributed by atoms with Gasteiger partial charge in [-0.15, -0.1) is 0 Å². The first kappa shape index (κ1) is 15.9. The molecule has 1 aromatic carbocycles. The lowest BCUT2D eigenvalue weighted by Gasteiger charge is -2.19. The molecule has 3 nitrogen and oxygen atoms in total. The molecule has 1 heterocycles. The van der Waals surface area contributed by atoms with Crippen LogP contribution < -0.4 is 0 Å². The topological polar surface area (TPSA) is 50.2 Å². The minimum atomic E-state index is -0.948. The number of benzene rings is 1. The average Bonchev–Trinajstić information content (AvgIpc) is 2.37. The number of carboxylic acids is 1. The summed E-state index contributed by atoms with van der Waals surface area (Å²) in [6.45, 7) is 6.03. The molecule has 0 unspecified atom stereocenters. The fraction of sp³-hybridized carbons (Fsp3) is 0.250. The molecule has 110 valence electrons. The van der Waals surface area contributed by atoms with Crippen molar-refractivity contribution >= 4 is 29.3 Å². The third kappa shape index (κ3) is 4.22. The Morgan fingerprint density at radius 3 is 2.52 bits per heavy atom. The van der Waals surface area contributed by atoms with E-state index in [4.69, 9.17) is 11.6 Å². The van der Waals surface area contributed by atoms with Crippen LogP contribution in [0, 0.1) is 0 Å². The van der Waals surface area contributed by atoms with E-state index in [1.54, 1.807) is 18.2 Å². The van der Waals surface area contributed by atoms with Crippen molar-refractivity contribution in [3.63, 3.8) is 0 Å². The summed E-state index contributed by atoms with van der Waals surface area (Å²) < 4.78 is 0. The molecule has 0 spiro atoms. The van der Waals surface area contributed by atoms with Crippen LogP contribution >= 0.6 is 23.4 Å². The van der Waals surface area contributed by atoms with E-state index < -0.39 is 5.97 Å². The molecule has 0 radical (unpaired) electrons. The number of carbonyl (C=O) groups is 1. The van der Waals surface area contributed by atoms with Crippen molar-refractivity contribution in [2.45, 2.75) is 36.1 Å². The maximum Gasteiger partial charge on any atom is 0.335 e. The molecule has 0 fully saturated rings. The summed E-state index contributed by atoms with van der Waals surface area (Å²) in [5.74, 6) is -0.948. The van der Waals surface area contributed by atoms with Crippen molar-refractivity contribution in [3.05, 3.63) is 52.7 Å². The predicted octanol–water partition coefficient (Wildman–Crippen LogP) is 4.88. The smallest absolute Gasteiger partial charge is 0.335 e. The van der Waals surface area contributed by atoms with Crippen LogP contribution in [0.2, 0.25) is 5.02 Å². The number of nitrogens with zero attached hydrogens (tertiary/aromatic N) is 1. The lowest BCUT2D eigenvalue weighted by atomic mass is 9.91. The highest BCUT2D eigenvalue weighted by Crippen LogP contribution is 2.31. The van der Waals surface area contributed by atoms with Gasteiger partial charge in [0.05, 0.1) is 5.56 Å². The van der Waals surface area contributed by atoms with E-state index >= 15 is 0 Å². The molecule has 2 aromatic rings. The zero-order valence-corrected chi connectivity index (χ0v) is 13.6. The van der Waals surface area contributed by atoms with Crippen molar-refractivity contribution in [1.82, 2.24) is 4.98 Å². The Hall–Kier alpha value is -1.52. The van der Waals surface area contributed by atoms with Crippen LogP contribution in [0.5, 0.6) is 0 Å². The van der Waals surface area contributed by atoms with Gasteiger partial charge in [-0.05, 0) is 30.3 Å². The van der Waals surface area contributed by atoms with E-state index in [-0.39, 0.29) is 11.0 Å². The minimum absolute atomic E-state index is 0.213. The Kier molecular flexibility index (Phi) is 4.59. The van der Waals surface area contributed by atoms with E-state index in [0.717, 1.165) is 10.6 Å². The van der Waals surface area contributed by atoms with Gasteiger partial charge in [0.25, 0.3) is 0 Å². The van der Waals surface area contributed by atoms with Gasteiger partial charge >= 0.3 is 5.97 Å². The Morgan fingerprint density at radius 1 is 1.24 bits per heavy atom.